The van der Waals surface area contributed by atoms with Gasteiger partial charge in [0.25, 0.3) is 0 Å². The predicted molar refractivity (Wildman–Crippen MR) is 148 cm³/mol. The van der Waals surface area contributed by atoms with Gasteiger partial charge in [-0.2, -0.15) is 0 Å². The smallest absolute Gasteiger partial charge is 0.243 e. The minimum Gasteiger partial charge on any atom is -0.350 e. The van der Waals surface area contributed by atoms with Crippen molar-refractivity contribution in [2.24, 2.45) is 17.4 Å². The first-order valence-electron chi connectivity index (χ1n) is 12.8. The van der Waals surface area contributed by atoms with Crippen molar-refractivity contribution in [2.75, 3.05) is 6.54 Å². The summed E-state index contributed by atoms with van der Waals surface area (Å²) in [6, 6.07) is 24.4. The van der Waals surface area contributed by atoms with E-state index in [1.807, 2.05) is 78.9 Å². The van der Waals surface area contributed by atoms with Gasteiger partial charge in [-0.3, -0.25) is 9.59 Å². The average Bonchev–Trinajstić information content (AvgIpc) is 3.34. The summed E-state index contributed by atoms with van der Waals surface area (Å²) in [6.07, 6.45) is 2.57. The van der Waals surface area contributed by atoms with Crippen molar-refractivity contribution in [3.63, 3.8) is 0 Å². The second-order valence-corrected chi connectivity index (χ2v) is 10.2. The van der Waals surface area contributed by atoms with Crippen molar-refractivity contribution in [3.05, 3.63) is 106 Å². The molecular weight excluding hydrogens is 484 g/mol. The number of carbonyl (C=O) groups excluding carboxylic acids is 2. The minimum absolute atomic E-state index is 0.142. The molecule has 5 N–H and O–H groups in total. The number of carbonyl (C=O) groups is 2. The van der Waals surface area contributed by atoms with Crippen LogP contribution in [-0.2, 0) is 35.5 Å². The Balaban J connectivity index is 1.43. The van der Waals surface area contributed by atoms with Crippen molar-refractivity contribution < 1.29 is 9.59 Å². The molecule has 7 heteroatoms. The zero-order chi connectivity index (χ0) is 26.2. The molecule has 194 valence electrons. The van der Waals surface area contributed by atoms with Crippen LogP contribution in [0.15, 0.2) is 78.9 Å². The molecule has 1 aliphatic rings. The maximum Gasteiger partial charge on any atom is 0.243 e. The summed E-state index contributed by atoms with van der Waals surface area (Å²) in [5, 5.41) is 3.71. The maximum atomic E-state index is 13.5. The molecule has 0 unspecified atom stereocenters. The number of nitrogens with one attached hydrogen (secondary N) is 1. The Morgan fingerprint density at radius 1 is 0.946 bits per heavy atom. The average molecular weight is 519 g/mol. The highest BCUT2D eigenvalue weighted by molar-refractivity contribution is 6.30. The summed E-state index contributed by atoms with van der Waals surface area (Å²) in [5.41, 5.74) is 16.3. The summed E-state index contributed by atoms with van der Waals surface area (Å²) in [5.74, 6) is -0.180. The Kier molecular flexibility index (Phi) is 9.34. The van der Waals surface area contributed by atoms with E-state index >= 15 is 0 Å². The van der Waals surface area contributed by atoms with Crippen LogP contribution in [-0.4, -0.2) is 35.3 Å². The molecule has 4 rings (SSSR count). The van der Waals surface area contributed by atoms with Gasteiger partial charge in [-0.15, -0.1) is 0 Å². The van der Waals surface area contributed by atoms with E-state index in [2.05, 4.69) is 5.32 Å². The number of halogens is 1. The van der Waals surface area contributed by atoms with Gasteiger partial charge in [0, 0.05) is 24.7 Å². The van der Waals surface area contributed by atoms with Crippen LogP contribution in [0, 0.1) is 5.92 Å². The fraction of sp³-hybridized carbons (Fsp3) is 0.333. The number of benzene rings is 3. The largest absolute Gasteiger partial charge is 0.350 e. The van der Waals surface area contributed by atoms with Crippen LogP contribution >= 0.6 is 11.6 Å². The summed E-state index contributed by atoms with van der Waals surface area (Å²) in [7, 11) is 0. The van der Waals surface area contributed by atoms with E-state index in [-0.39, 0.29) is 17.7 Å². The van der Waals surface area contributed by atoms with Crippen LogP contribution in [0.3, 0.4) is 0 Å². The number of hydrogen-bond donors (Lipinski definition) is 3. The lowest BCUT2D eigenvalue weighted by Gasteiger charge is -2.27. The number of likely N-dealkylation sites (tertiary alicyclic amines) is 1. The Labute approximate surface area is 224 Å². The molecular formula is C30H35ClN4O2. The molecule has 3 aromatic carbocycles. The first-order chi connectivity index (χ1) is 17.9. The molecule has 1 aliphatic heterocycles. The summed E-state index contributed by atoms with van der Waals surface area (Å²) >= 11 is 6.18. The lowest BCUT2D eigenvalue weighted by Crippen LogP contribution is -2.51. The van der Waals surface area contributed by atoms with E-state index < -0.39 is 12.1 Å². The van der Waals surface area contributed by atoms with Crippen LogP contribution in [0.4, 0.5) is 0 Å². The van der Waals surface area contributed by atoms with Gasteiger partial charge >= 0.3 is 0 Å². The predicted octanol–water partition coefficient (Wildman–Crippen LogP) is 3.83. The topological polar surface area (TPSA) is 101 Å². The molecule has 3 atom stereocenters. The Hall–Kier alpha value is -3.19. The molecule has 0 aliphatic carbocycles. The highest BCUT2D eigenvalue weighted by atomic mass is 35.5. The molecule has 37 heavy (non-hydrogen) atoms. The van der Waals surface area contributed by atoms with Gasteiger partial charge in [-0.25, -0.2) is 0 Å². The van der Waals surface area contributed by atoms with Gasteiger partial charge in [-0.1, -0.05) is 78.3 Å². The molecule has 0 spiro atoms. The Morgan fingerprint density at radius 3 is 2.35 bits per heavy atom. The molecule has 1 heterocycles. The van der Waals surface area contributed by atoms with Gasteiger partial charge in [0.1, 0.15) is 6.04 Å². The van der Waals surface area contributed by atoms with E-state index in [0.29, 0.717) is 43.9 Å². The first-order valence-corrected chi connectivity index (χ1v) is 13.2. The third kappa shape index (κ3) is 7.41. The highest BCUT2D eigenvalue weighted by Crippen LogP contribution is 2.28. The number of aryl methyl sites for hydroxylation is 1. The third-order valence-corrected chi connectivity index (χ3v) is 7.25. The van der Waals surface area contributed by atoms with E-state index in [4.69, 9.17) is 23.1 Å². The quantitative estimate of drug-likeness (QED) is 0.379. The molecule has 0 radical (unpaired) electrons. The molecule has 2 amide bonds. The Bertz CT molecular complexity index is 1190. The number of rotatable bonds is 10. The van der Waals surface area contributed by atoms with Crippen LogP contribution in [0.5, 0.6) is 0 Å². The van der Waals surface area contributed by atoms with Gasteiger partial charge in [0.05, 0.1) is 6.04 Å². The Morgan fingerprint density at radius 2 is 1.65 bits per heavy atom. The first kappa shape index (κ1) is 26.9. The SMILES string of the molecule is NCc1ccc(CNC(=O)[C@@H]2C[C@@H](Cc3cccc(Cl)c3)CN2C(=O)[C@H](N)CCc2ccccc2)cc1. The van der Waals surface area contributed by atoms with Crippen molar-refractivity contribution >= 4 is 23.4 Å². The molecule has 1 saturated heterocycles. The fourth-order valence-corrected chi connectivity index (χ4v) is 5.18. The summed E-state index contributed by atoms with van der Waals surface area (Å²) < 4.78 is 0. The van der Waals surface area contributed by atoms with Crippen molar-refractivity contribution in [1.29, 1.82) is 0 Å². The zero-order valence-corrected chi connectivity index (χ0v) is 21.7. The van der Waals surface area contributed by atoms with Crippen molar-refractivity contribution in [2.45, 2.75) is 50.9 Å². The number of amides is 2. The molecule has 3 aromatic rings. The second kappa shape index (κ2) is 12.9. The van der Waals surface area contributed by atoms with Crippen LogP contribution in [0.25, 0.3) is 0 Å². The lowest BCUT2D eigenvalue weighted by atomic mass is 9.96. The molecule has 1 fully saturated rings. The minimum atomic E-state index is -0.663. The normalized spacial score (nSPS) is 18.0. The number of nitrogens with two attached hydrogens (primary N) is 2. The molecule has 0 saturated carbocycles. The maximum absolute atomic E-state index is 13.5. The number of hydrogen-bond acceptors (Lipinski definition) is 4. The van der Waals surface area contributed by atoms with Crippen molar-refractivity contribution in [1.82, 2.24) is 10.2 Å². The van der Waals surface area contributed by atoms with Crippen LogP contribution < -0.4 is 16.8 Å². The number of nitrogens with zero attached hydrogens (tertiary/aromatic N) is 1. The summed E-state index contributed by atoms with van der Waals surface area (Å²) in [4.78, 5) is 28.5. The van der Waals surface area contributed by atoms with E-state index in [1.165, 1.54) is 0 Å². The third-order valence-electron chi connectivity index (χ3n) is 7.02. The van der Waals surface area contributed by atoms with E-state index in [1.54, 1.807) is 4.90 Å². The van der Waals surface area contributed by atoms with E-state index in [9.17, 15) is 9.59 Å². The fourth-order valence-electron chi connectivity index (χ4n) is 4.96. The monoisotopic (exact) mass is 518 g/mol. The lowest BCUT2D eigenvalue weighted by molar-refractivity contribution is -0.139. The molecule has 6 nitrogen and oxygen atoms in total. The zero-order valence-electron chi connectivity index (χ0n) is 21.0. The molecule has 0 aromatic heterocycles. The van der Waals surface area contributed by atoms with Gasteiger partial charge in [0.2, 0.25) is 11.8 Å². The van der Waals surface area contributed by atoms with Crippen molar-refractivity contribution in [3.8, 4) is 0 Å². The highest BCUT2D eigenvalue weighted by Gasteiger charge is 2.40. The van der Waals surface area contributed by atoms with Crippen LogP contribution in [0.1, 0.15) is 35.1 Å². The molecule has 0 bridgehead atoms. The van der Waals surface area contributed by atoms with Gasteiger partial charge in [-0.05, 0) is 66.0 Å². The standard InChI is InChI=1S/C30H35ClN4O2/c31-26-8-4-7-24(16-26)15-25-17-28(29(36)34-19-23-11-9-22(18-32)10-12-23)35(20-25)30(37)27(33)14-13-21-5-2-1-3-6-21/h1-12,16,25,27-28H,13-15,17-20,32-33H2,(H,34,36)/t25-,27-,28+/m1/s1. The van der Waals surface area contributed by atoms with Gasteiger partial charge < -0.3 is 21.7 Å². The van der Waals surface area contributed by atoms with Crippen LogP contribution in [0.2, 0.25) is 5.02 Å². The van der Waals surface area contributed by atoms with E-state index in [0.717, 1.165) is 28.7 Å². The van der Waals surface area contributed by atoms with Gasteiger partial charge in [0.15, 0.2) is 0 Å². The second-order valence-electron chi connectivity index (χ2n) is 9.81. The summed E-state index contributed by atoms with van der Waals surface area (Å²) in [6.45, 7) is 1.36.